The SMILES string of the molecule is N=C/C=C1/N=C(O)N(CCCCCC2CCCC2)N1. The lowest BCUT2D eigenvalue weighted by Crippen LogP contribution is -2.37. The Balaban J connectivity index is 1.57. The van der Waals surface area contributed by atoms with Crippen molar-refractivity contribution in [3.05, 3.63) is 11.9 Å². The molecule has 1 heterocycles. The number of unbranched alkanes of at least 4 members (excludes halogenated alkanes) is 2. The number of rotatable bonds is 7. The third kappa shape index (κ3) is 4.26. The minimum atomic E-state index is 0.00360. The van der Waals surface area contributed by atoms with Gasteiger partial charge in [0.25, 0.3) is 0 Å². The maximum absolute atomic E-state index is 9.61. The van der Waals surface area contributed by atoms with Crippen LogP contribution in [-0.2, 0) is 0 Å². The van der Waals surface area contributed by atoms with E-state index in [1.165, 1.54) is 51.0 Å². The van der Waals surface area contributed by atoms with Gasteiger partial charge < -0.3 is 10.5 Å². The molecule has 0 unspecified atom stereocenters. The van der Waals surface area contributed by atoms with Crippen molar-refractivity contribution >= 4 is 12.2 Å². The first-order valence-corrected chi connectivity index (χ1v) is 7.32. The molecule has 0 aromatic heterocycles. The number of aliphatic hydroxyl groups is 1. The fourth-order valence-electron chi connectivity index (χ4n) is 2.87. The zero-order chi connectivity index (χ0) is 13.5. The number of nitrogens with zero attached hydrogens (tertiary/aromatic N) is 2. The summed E-state index contributed by atoms with van der Waals surface area (Å²) in [5.74, 6) is 1.50. The van der Waals surface area contributed by atoms with Crippen molar-refractivity contribution in [3.63, 3.8) is 0 Å². The third-order valence-corrected chi connectivity index (χ3v) is 3.92. The molecule has 0 amide bonds. The molecule has 0 spiro atoms. The summed E-state index contributed by atoms with van der Waals surface area (Å²) in [4.78, 5) is 3.92. The van der Waals surface area contributed by atoms with Gasteiger partial charge in [-0.1, -0.05) is 44.9 Å². The van der Waals surface area contributed by atoms with Crippen LogP contribution in [0.3, 0.4) is 0 Å². The highest BCUT2D eigenvalue weighted by atomic mass is 16.3. The van der Waals surface area contributed by atoms with E-state index in [0.717, 1.165) is 25.1 Å². The van der Waals surface area contributed by atoms with Crippen LogP contribution in [0.1, 0.15) is 51.4 Å². The van der Waals surface area contributed by atoms with E-state index in [9.17, 15) is 5.11 Å². The van der Waals surface area contributed by atoms with E-state index >= 15 is 0 Å². The number of aliphatic imine (C=N–C) groups is 1. The number of amidine groups is 1. The van der Waals surface area contributed by atoms with Crippen molar-refractivity contribution in [1.29, 1.82) is 5.41 Å². The summed E-state index contributed by atoms with van der Waals surface area (Å²) in [5, 5.41) is 18.2. The third-order valence-electron chi connectivity index (χ3n) is 3.92. The zero-order valence-electron chi connectivity index (χ0n) is 11.4. The highest BCUT2D eigenvalue weighted by Gasteiger charge is 2.18. The molecule has 5 heteroatoms. The van der Waals surface area contributed by atoms with E-state index in [0.29, 0.717) is 5.82 Å². The minimum Gasteiger partial charge on any atom is -0.479 e. The first-order valence-electron chi connectivity index (χ1n) is 7.32. The molecule has 0 radical (unpaired) electrons. The van der Waals surface area contributed by atoms with Gasteiger partial charge in [-0.15, -0.1) is 0 Å². The fraction of sp³-hybridized carbons (Fsp3) is 0.714. The first kappa shape index (κ1) is 13.9. The molecule has 19 heavy (non-hydrogen) atoms. The highest BCUT2D eigenvalue weighted by Crippen LogP contribution is 2.29. The molecule has 0 aromatic carbocycles. The normalized spacial score (nSPS) is 21.8. The van der Waals surface area contributed by atoms with Crippen LogP contribution in [-0.4, -0.2) is 28.9 Å². The number of hydrazine groups is 1. The Morgan fingerprint density at radius 1 is 1.32 bits per heavy atom. The molecule has 2 aliphatic rings. The molecule has 3 N–H and O–H groups in total. The lowest BCUT2D eigenvalue weighted by molar-refractivity contribution is 0.292. The van der Waals surface area contributed by atoms with Crippen LogP contribution in [0.4, 0.5) is 0 Å². The van der Waals surface area contributed by atoms with Crippen molar-refractivity contribution < 1.29 is 5.11 Å². The number of allylic oxidation sites excluding steroid dienone is 1. The number of nitrogens with one attached hydrogen (secondary N) is 2. The Morgan fingerprint density at radius 2 is 2.11 bits per heavy atom. The molecule has 106 valence electrons. The Morgan fingerprint density at radius 3 is 2.84 bits per heavy atom. The average Bonchev–Trinajstić information content (AvgIpc) is 3.00. The molecule has 0 bridgehead atoms. The number of aliphatic hydroxyl groups excluding tert-OH is 1. The summed E-state index contributed by atoms with van der Waals surface area (Å²) in [7, 11) is 0. The van der Waals surface area contributed by atoms with Gasteiger partial charge >= 0.3 is 6.02 Å². The van der Waals surface area contributed by atoms with Gasteiger partial charge in [-0.2, -0.15) is 4.99 Å². The lowest BCUT2D eigenvalue weighted by Gasteiger charge is -2.16. The second kappa shape index (κ2) is 7.16. The van der Waals surface area contributed by atoms with Crippen LogP contribution in [0.25, 0.3) is 0 Å². The van der Waals surface area contributed by atoms with Crippen LogP contribution in [0.5, 0.6) is 0 Å². The fourth-order valence-corrected chi connectivity index (χ4v) is 2.87. The number of hydrogen-bond donors (Lipinski definition) is 3. The monoisotopic (exact) mass is 264 g/mol. The lowest BCUT2D eigenvalue weighted by atomic mass is 10.00. The summed E-state index contributed by atoms with van der Waals surface area (Å²) in [5.41, 5.74) is 2.96. The van der Waals surface area contributed by atoms with Gasteiger partial charge in [-0.05, 0) is 18.4 Å². The maximum Gasteiger partial charge on any atom is 0.310 e. The van der Waals surface area contributed by atoms with E-state index in [4.69, 9.17) is 5.41 Å². The van der Waals surface area contributed by atoms with Crippen LogP contribution in [0.2, 0.25) is 0 Å². The van der Waals surface area contributed by atoms with Crippen molar-refractivity contribution in [2.75, 3.05) is 6.54 Å². The molecular weight excluding hydrogens is 240 g/mol. The summed E-state index contributed by atoms with van der Waals surface area (Å²) < 4.78 is 0. The Hall–Kier alpha value is -1.52. The minimum absolute atomic E-state index is 0.00360. The molecule has 0 saturated heterocycles. The van der Waals surface area contributed by atoms with E-state index in [2.05, 4.69) is 10.4 Å². The maximum atomic E-state index is 9.61. The second-order valence-electron chi connectivity index (χ2n) is 5.39. The molecule has 1 aliphatic heterocycles. The van der Waals surface area contributed by atoms with Gasteiger partial charge in [0, 0.05) is 12.8 Å². The van der Waals surface area contributed by atoms with Gasteiger partial charge in [0.1, 0.15) is 0 Å². The quantitative estimate of drug-likeness (QED) is 0.489. The Labute approximate surface area is 114 Å². The second-order valence-corrected chi connectivity index (χ2v) is 5.39. The standard InChI is InChI=1S/C14H24N4O/c15-10-9-13-16-14(19)18(17-13)11-5-1-2-6-12-7-3-4-8-12/h9-10,12,15,17H,1-8,11H2,(H,16,19)/b13-9-,15-10?. The smallest absolute Gasteiger partial charge is 0.310 e. The van der Waals surface area contributed by atoms with Crippen molar-refractivity contribution in [2.45, 2.75) is 51.4 Å². The summed E-state index contributed by atoms with van der Waals surface area (Å²) in [6, 6.07) is 0.00360. The van der Waals surface area contributed by atoms with Gasteiger partial charge in [0.15, 0.2) is 5.82 Å². The predicted octanol–water partition coefficient (Wildman–Crippen LogP) is 2.96. The van der Waals surface area contributed by atoms with Gasteiger partial charge in [-0.25, -0.2) is 5.01 Å². The van der Waals surface area contributed by atoms with Gasteiger partial charge in [0.2, 0.25) is 0 Å². The molecule has 0 aromatic rings. The van der Waals surface area contributed by atoms with Crippen LogP contribution in [0, 0.1) is 11.3 Å². The van der Waals surface area contributed by atoms with Gasteiger partial charge in [0.05, 0.1) is 0 Å². The van der Waals surface area contributed by atoms with Crippen LogP contribution in [0.15, 0.2) is 16.9 Å². The molecule has 1 aliphatic carbocycles. The molecule has 0 atom stereocenters. The summed E-state index contributed by atoms with van der Waals surface area (Å²) in [6.07, 6.45) is 13.3. The van der Waals surface area contributed by atoms with E-state index < -0.39 is 0 Å². The molecule has 1 saturated carbocycles. The molecule has 1 fully saturated rings. The van der Waals surface area contributed by atoms with Crippen LogP contribution >= 0.6 is 0 Å². The number of hydrogen-bond acceptors (Lipinski definition) is 4. The van der Waals surface area contributed by atoms with E-state index in [1.54, 1.807) is 5.01 Å². The zero-order valence-corrected chi connectivity index (χ0v) is 11.4. The van der Waals surface area contributed by atoms with Crippen molar-refractivity contribution in [1.82, 2.24) is 10.4 Å². The largest absolute Gasteiger partial charge is 0.479 e. The van der Waals surface area contributed by atoms with Crippen molar-refractivity contribution in [3.8, 4) is 0 Å². The molecular formula is C14H24N4O. The van der Waals surface area contributed by atoms with Gasteiger partial charge in [-0.3, -0.25) is 5.43 Å². The van der Waals surface area contributed by atoms with Crippen LogP contribution < -0.4 is 5.43 Å². The molecule has 5 nitrogen and oxygen atoms in total. The van der Waals surface area contributed by atoms with E-state index in [-0.39, 0.29) is 6.02 Å². The Bertz CT molecular complexity index is 358. The summed E-state index contributed by atoms with van der Waals surface area (Å²) >= 11 is 0. The first-order chi connectivity index (χ1) is 9.29. The Kier molecular flexibility index (Phi) is 5.24. The van der Waals surface area contributed by atoms with Crippen molar-refractivity contribution in [2.24, 2.45) is 10.9 Å². The average molecular weight is 264 g/mol. The molecule has 2 rings (SSSR count). The summed E-state index contributed by atoms with van der Waals surface area (Å²) in [6.45, 7) is 0.759. The topological polar surface area (TPSA) is 71.7 Å². The predicted molar refractivity (Wildman–Crippen MR) is 77.2 cm³/mol. The van der Waals surface area contributed by atoms with E-state index in [1.807, 2.05) is 0 Å². The highest BCUT2D eigenvalue weighted by molar-refractivity contribution is 5.77.